The molecule has 1 aromatic carbocycles. The van der Waals surface area contributed by atoms with Crippen LogP contribution in [-0.2, 0) is 26.0 Å². The number of nitrogens with zero attached hydrogens (tertiary/aromatic N) is 1. The van der Waals surface area contributed by atoms with Crippen molar-refractivity contribution >= 4 is 15.8 Å². The predicted octanol–water partition coefficient (Wildman–Crippen LogP) is 2.46. The summed E-state index contributed by atoms with van der Waals surface area (Å²) in [6.07, 6.45) is 5.60. The number of hydrogen-bond acceptors (Lipinski definition) is 5. The zero-order valence-electron chi connectivity index (χ0n) is 16.2. The molecule has 0 amide bonds. The van der Waals surface area contributed by atoms with Crippen LogP contribution >= 0.6 is 0 Å². The zero-order valence-corrected chi connectivity index (χ0v) is 17.0. The summed E-state index contributed by atoms with van der Waals surface area (Å²) < 4.78 is 46.3. The molecule has 0 unspecified atom stereocenters. The van der Waals surface area contributed by atoms with Gasteiger partial charge in [-0.3, -0.25) is 0 Å². The molecule has 1 saturated carbocycles. The molecule has 0 radical (unpaired) electrons. The van der Waals surface area contributed by atoms with Crippen LogP contribution in [0, 0.1) is 0 Å². The van der Waals surface area contributed by atoms with Crippen molar-refractivity contribution in [2.75, 3.05) is 23.7 Å². The molecule has 2 aliphatic heterocycles. The summed E-state index contributed by atoms with van der Waals surface area (Å²) in [5, 5.41) is 0. The van der Waals surface area contributed by atoms with Crippen molar-refractivity contribution in [3.05, 3.63) is 42.6 Å². The molecule has 3 aliphatic rings. The smallest absolute Gasteiger partial charge is 0.302 e. The Labute approximate surface area is 170 Å². The van der Waals surface area contributed by atoms with Crippen LogP contribution in [0.1, 0.15) is 25.7 Å². The maximum absolute atomic E-state index is 12.0. The quantitative estimate of drug-likeness (QED) is 0.777. The predicted molar refractivity (Wildman–Crippen MR) is 107 cm³/mol. The molecule has 5 rings (SSSR count). The van der Waals surface area contributed by atoms with Crippen molar-refractivity contribution in [1.29, 1.82) is 0 Å². The van der Waals surface area contributed by atoms with Crippen LogP contribution in [0.2, 0.25) is 0 Å². The third-order valence-electron chi connectivity index (χ3n) is 5.90. The first kappa shape index (κ1) is 18.8. The summed E-state index contributed by atoms with van der Waals surface area (Å²) >= 11 is 0. The molecule has 0 atom stereocenters. The number of sulfonamides is 1. The van der Waals surface area contributed by atoms with E-state index >= 15 is 0 Å². The fourth-order valence-electron chi connectivity index (χ4n) is 4.34. The average molecular weight is 418 g/mol. The molecule has 154 valence electrons. The van der Waals surface area contributed by atoms with Crippen LogP contribution in [0.5, 0.6) is 5.75 Å². The Kier molecular flexibility index (Phi) is 4.72. The van der Waals surface area contributed by atoms with Gasteiger partial charge < -0.3 is 14.2 Å². The largest absolute Gasteiger partial charge is 0.490 e. The molecule has 8 heteroatoms. The molecular weight excluding hydrogens is 392 g/mol. The molecule has 1 aromatic heterocycles. The summed E-state index contributed by atoms with van der Waals surface area (Å²) in [5.41, 5.74) is 1.80. The Bertz CT molecular complexity index is 990. The van der Waals surface area contributed by atoms with Gasteiger partial charge in [0.25, 0.3) is 5.82 Å². The molecule has 1 aliphatic carbocycles. The van der Waals surface area contributed by atoms with E-state index in [1.165, 1.54) is 0 Å². The van der Waals surface area contributed by atoms with E-state index in [-0.39, 0.29) is 17.6 Å². The SMILES string of the molecule is O=S1(=O)CC[n+]2cccc(-c3ccc(OC4CCC5(CC4)OCCO5)cc3)c2N1. The Morgan fingerprint density at radius 2 is 1.79 bits per heavy atom. The van der Waals surface area contributed by atoms with Crippen molar-refractivity contribution in [2.24, 2.45) is 0 Å². The number of aromatic nitrogens is 1. The van der Waals surface area contributed by atoms with Gasteiger partial charge in [0.15, 0.2) is 5.79 Å². The van der Waals surface area contributed by atoms with Gasteiger partial charge in [-0.2, -0.15) is 13.1 Å². The number of anilines is 1. The summed E-state index contributed by atoms with van der Waals surface area (Å²) in [6.45, 7) is 1.82. The molecule has 0 bridgehead atoms. The van der Waals surface area contributed by atoms with Crippen molar-refractivity contribution in [2.45, 2.75) is 44.1 Å². The first-order valence-electron chi connectivity index (χ1n) is 10.1. The fourth-order valence-corrected chi connectivity index (χ4v) is 5.40. The van der Waals surface area contributed by atoms with E-state index in [4.69, 9.17) is 14.2 Å². The van der Waals surface area contributed by atoms with E-state index in [0.717, 1.165) is 42.6 Å². The number of ether oxygens (including phenoxy) is 3. The first-order chi connectivity index (χ1) is 14.0. The second-order valence-corrected chi connectivity index (χ2v) is 9.68. The minimum absolute atomic E-state index is 0.0969. The van der Waals surface area contributed by atoms with Gasteiger partial charge in [0.05, 0.1) is 31.1 Å². The lowest BCUT2D eigenvalue weighted by Gasteiger charge is -2.35. The number of hydrogen-bond donors (Lipinski definition) is 1. The van der Waals surface area contributed by atoms with Gasteiger partial charge in [-0.1, -0.05) is 12.1 Å². The molecule has 29 heavy (non-hydrogen) atoms. The van der Waals surface area contributed by atoms with Crippen molar-refractivity contribution in [1.82, 2.24) is 0 Å². The monoisotopic (exact) mass is 417 g/mol. The average Bonchev–Trinajstić information content (AvgIpc) is 3.18. The Balaban J connectivity index is 1.29. The van der Waals surface area contributed by atoms with Gasteiger partial charge in [0.1, 0.15) is 18.0 Å². The minimum atomic E-state index is -3.28. The summed E-state index contributed by atoms with van der Waals surface area (Å²) in [4.78, 5) is 0. The molecule has 2 fully saturated rings. The Morgan fingerprint density at radius 1 is 1.07 bits per heavy atom. The van der Waals surface area contributed by atoms with E-state index in [1.807, 2.05) is 47.2 Å². The first-order valence-corrected chi connectivity index (χ1v) is 11.8. The van der Waals surface area contributed by atoms with E-state index < -0.39 is 10.0 Å². The van der Waals surface area contributed by atoms with Crippen LogP contribution in [0.15, 0.2) is 42.6 Å². The molecule has 1 saturated heterocycles. The number of rotatable bonds is 3. The third-order valence-corrected chi connectivity index (χ3v) is 7.12. The van der Waals surface area contributed by atoms with Crippen molar-refractivity contribution < 1.29 is 27.2 Å². The van der Waals surface area contributed by atoms with Gasteiger partial charge in [-0.05, 0) is 42.7 Å². The van der Waals surface area contributed by atoms with E-state index in [0.29, 0.717) is 25.6 Å². The van der Waals surface area contributed by atoms with Crippen LogP contribution in [-0.4, -0.2) is 39.3 Å². The fraction of sp³-hybridized carbons (Fsp3) is 0.476. The summed E-state index contributed by atoms with van der Waals surface area (Å²) in [6, 6.07) is 11.7. The van der Waals surface area contributed by atoms with E-state index in [9.17, 15) is 8.42 Å². The summed E-state index contributed by atoms with van der Waals surface area (Å²) in [7, 11) is -3.28. The number of benzene rings is 1. The number of aryl methyl sites for hydroxylation is 1. The third kappa shape index (κ3) is 3.84. The van der Waals surface area contributed by atoms with Gasteiger partial charge in [-0.25, -0.2) is 4.57 Å². The highest BCUT2D eigenvalue weighted by molar-refractivity contribution is 7.92. The molecule has 7 nitrogen and oxygen atoms in total. The molecule has 3 heterocycles. The highest BCUT2D eigenvalue weighted by Crippen LogP contribution is 2.37. The minimum Gasteiger partial charge on any atom is -0.490 e. The number of nitrogens with one attached hydrogen (secondary N) is 1. The van der Waals surface area contributed by atoms with Gasteiger partial charge >= 0.3 is 10.0 Å². The Morgan fingerprint density at radius 3 is 2.52 bits per heavy atom. The topological polar surface area (TPSA) is 77.7 Å². The van der Waals surface area contributed by atoms with Crippen LogP contribution in [0.3, 0.4) is 0 Å². The lowest BCUT2D eigenvalue weighted by Crippen LogP contribution is -2.47. The molecule has 2 aromatic rings. The Hall–Kier alpha value is -2.16. The second kappa shape index (κ2) is 7.27. The molecule has 1 N–H and O–H groups in total. The van der Waals surface area contributed by atoms with Crippen molar-refractivity contribution in [3.8, 4) is 16.9 Å². The maximum Gasteiger partial charge on any atom is 0.302 e. The van der Waals surface area contributed by atoms with Gasteiger partial charge in [0.2, 0.25) is 0 Å². The van der Waals surface area contributed by atoms with Gasteiger partial charge in [0, 0.05) is 12.8 Å². The van der Waals surface area contributed by atoms with Gasteiger partial charge in [-0.15, -0.1) is 0 Å². The number of fused-ring (bicyclic) bond motifs is 1. The highest BCUT2D eigenvalue weighted by atomic mass is 32.2. The van der Waals surface area contributed by atoms with E-state index in [1.54, 1.807) is 0 Å². The van der Waals surface area contributed by atoms with Crippen LogP contribution in [0.4, 0.5) is 5.82 Å². The van der Waals surface area contributed by atoms with E-state index in [2.05, 4.69) is 4.72 Å². The normalized spacial score (nSPS) is 22.8. The lowest BCUT2D eigenvalue weighted by atomic mass is 9.92. The van der Waals surface area contributed by atoms with Crippen LogP contribution in [0.25, 0.3) is 11.1 Å². The highest BCUT2D eigenvalue weighted by Gasteiger charge is 2.40. The lowest BCUT2D eigenvalue weighted by molar-refractivity contribution is -0.679. The van der Waals surface area contributed by atoms with Crippen LogP contribution < -0.4 is 14.0 Å². The summed E-state index contributed by atoms with van der Waals surface area (Å²) in [5.74, 6) is 1.16. The number of pyridine rings is 1. The standard InChI is InChI=1S/C21H24N2O5S/c24-29(25)15-12-23-11-1-2-19(20(23)22-29)16-3-5-17(6-4-16)28-18-7-9-21(10-8-18)26-13-14-27-21/h1-6,11,18H,7-10,12-15H2/p+1. The molecular formula is C21H25N2O5S+. The van der Waals surface area contributed by atoms with Crippen molar-refractivity contribution in [3.63, 3.8) is 0 Å². The maximum atomic E-state index is 12.0. The second-order valence-electron chi connectivity index (χ2n) is 7.83. The molecule has 1 spiro atoms. The zero-order chi connectivity index (χ0) is 19.9.